The quantitative estimate of drug-likeness (QED) is 0.426. The molecule has 7 N–H and O–H groups in total. The van der Waals surface area contributed by atoms with Gasteiger partial charge in [0.05, 0.1) is 6.04 Å². The molecule has 140 valence electrons. The summed E-state index contributed by atoms with van der Waals surface area (Å²) >= 11 is 0. The number of phenols is 1. The van der Waals surface area contributed by atoms with Crippen LogP contribution in [0, 0.1) is 0 Å². The van der Waals surface area contributed by atoms with Crippen molar-refractivity contribution in [3.8, 4) is 5.75 Å². The zero-order chi connectivity index (χ0) is 19.4. The number of carbonyl (C=O) groups is 2. The molecular formula is C20H22N4O3. The van der Waals surface area contributed by atoms with Gasteiger partial charge >= 0.3 is 0 Å². The number of H-pyrrole nitrogens is 1. The van der Waals surface area contributed by atoms with E-state index in [0.717, 1.165) is 22.0 Å². The van der Waals surface area contributed by atoms with Gasteiger partial charge in [-0.1, -0.05) is 30.3 Å². The Morgan fingerprint density at radius 1 is 1.07 bits per heavy atom. The summed E-state index contributed by atoms with van der Waals surface area (Å²) in [5, 5.41) is 13.0. The van der Waals surface area contributed by atoms with Crippen LogP contribution in [0.5, 0.6) is 5.75 Å². The highest BCUT2D eigenvalue weighted by molar-refractivity contribution is 5.90. The van der Waals surface area contributed by atoms with Crippen molar-refractivity contribution >= 4 is 22.7 Å². The number of hydrogen-bond donors (Lipinski definition) is 5. The molecule has 0 fully saturated rings. The molecule has 0 aliphatic heterocycles. The third-order valence-electron chi connectivity index (χ3n) is 4.49. The summed E-state index contributed by atoms with van der Waals surface area (Å²) in [5.74, 6) is -0.960. The molecule has 7 nitrogen and oxygen atoms in total. The van der Waals surface area contributed by atoms with E-state index in [2.05, 4.69) is 10.3 Å². The highest BCUT2D eigenvalue weighted by Crippen LogP contribution is 2.19. The fourth-order valence-electron chi connectivity index (χ4n) is 3.00. The lowest BCUT2D eigenvalue weighted by atomic mass is 10.0. The average molecular weight is 366 g/mol. The number of aromatic hydroxyl groups is 1. The van der Waals surface area contributed by atoms with Crippen molar-refractivity contribution in [2.45, 2.75) is 24.9 Å². The predicted octanol–water partition coefficient (Wildman–Crippen LogP) is 0.956. The molecule has 2 atom stereocenters. The molecule has 27 heavy (non-hydrogen) atoms. The van der Waals surface area contributed by atoms with Gasteiger partial charge in [0.25, 0.3) is 0 Å². The minimum atomic E-state index is -0.879. The van der Waals surface area contributed by atoms with Gasteiger partial charge in [-0.15, -0.1) is 0 Å². The molecular weight excluding hydrogens is 344 g/mol. The molecule has 3 aromatic rings. The van der Waals surface area contributed by atoms with Gasteiger partial charge in [-0.2, -0.15) is 0 Å². The molecule has 0 bridgehead atoms. The highest BCUT2D eigenvalue weighted by atomic mass is 16.3. The third kappa shape index (κ3) is 4.45. The summed E-state index contributed by atoms with van der Waals surface area (Å²) in [6.07, 6.45) is 2.39. The second-order valence-corrected chi connectivity index (χ2v) is 6.50. The van der Waals surface area contributed by atoms with E-state index in [4.69, 9.17) is 11.5 Å². The van der Waals surface area contributed by atoms with E-state index in [0.29, 0.717) is 6.42 Å². The van der Waals surface area contributed by atoms with Crippen molar-refractivity contribution in [1.29, 1.82) is 0 Å². The van der Waals surface area contributed by atoms with E-state index in [1.54, 1.807) is 12.1 Å². The standard InChI is InChI=1S/C20H22N4O3/c21-16(10-13-11-23-17-4-2-1-3-15(13)17)20(27)24-18(19(22)26)9-12-5-7-14(25)8-6-12/h1-8,11,16,18,23,25H,9-10,21H2,(H2,22,26)(H,24,27). The molecule has 1 heterocycles. The molecule has 1 aromatic heterocycles. The zero-order valence-corrected chi connectivity index (χ0v) is 14.7. The number of primary amides is 1. The Morgan fingerprint density at radius 2 is 1.78 bits per heavy atom. The number of amides is 2. The molecule has 0 saturated heterocycles. The normalized spacial score (nSPS) is 13.2. The van der Waals surface area contributed by atoms with Crippen molar-refractivity contribution < 1.29 is 14.7 Å². The fraction of sp³-hybridized carbons (Fsp3) is 0.200. The minimum absolute atomic E-state index is 0.124. The first-order chi connectivity index (χ1) is 12.9. The smallest absolute Gasteiger partial charge is 0.240 e. The molecule has 3 rings (SSSR count). The lowest BCUT2D eigenvalue weighted by Gasteiger charge is -2.18. The Bertz CT molecular complexity index is 949. The number of benzene rings is 2. The van der Waals surface area contributed by atoms with Gasteiger partial charge in [0.1, 0.15) is 11.8 Å². The van der Waals surface area contributed by atoms with Gasteiger partial charge < -0.3 is 26.9 Å². The predicted molar refractivity (Wildman–Crippen MR) is 103 cm³/mol. The van der Waals surface area contributed by atoms with E-state index >= 15 is 0 Å². The molecule has 0 saturated carbocycles. The van der Waals surface area contributed by atoms with Crippen LogP contribution in [0.4, 0.5) is 0 Å². The number of nitrogens with two attached hydrogens (primary N) is 2. The van der Waals surface area contributed by atoms with Crippen LogP contribution in [0.25, 0.3) is 10.9 Å². The lowest BCUT2D eigenvalue weighted by Crippen LogP contribution is -2.51. The van der Waals surface area contributed by atoms with E-state index in [1.807, 2.05) is 30.5 Å². The topological polar surface area (TPSA) is 134 Å². The van der Waals surface area contributed by atoms with Crippen LogP contribution in [0.15, 0.2) is 54.7 Å². The van der Waals surface area contributed by atoms with Crippen molar-refractivity contribution in [2.24, 2.45) is 11.5 Å². The summed E-state index contributed by atoms with van der Waals surface area (Å²) in [7, 11) is 0. The number of aromatic amines is 1. The van der Waals surface area contributed by atoms with E-state index in [1.165, 1.54) is 12.1 Å². The summed E-state index contributed by atoms with van der Waals surface area (Å²) in [4.78, 5) is 27.4. The molecule has 0 aliphatic carbocycles. The van der Waals surface area contributed by atoms with Crippen molar-refractivity contribution in [3.05, 3.63) is 65.9 Å². The molecule has 0 aliphatic rings. The van der Waals surface area contributed by atoms with Gasteiger partial charge in [0, 0.05) is 23.5 Å². The first-order valence-electron chi connectivity index (χ1n) is 8.62. The number of hydrogen-bond acceptors (Lipinski definition) is 4. The lowest BCUT2D eigenvalue weighted by molar-refractivity contribution is -0.128. The monoisotopic (exact) mass is 366 g/mol. The largest absolute Gasteiger partial charge is 0.508 e. The number of nitrogens with one attached hydrogen (secondary N) is 2. The number of aromatic nitrogens is 1. The van der Waals surface area contributed by atoms with Crippen molar-refractivity contribution in [1.82, 2.24) is 10.3 Å². The van der Waals surface area contributed by atoms with Gasteiger partial charge in [-0.25, -0.2) is 0 Å². The average Bonchev–Trinajstić information content (AvgIpc) is 3.05. The summed E-state index contributed by atoms with van der Waals surface area (Å²) < 4.78 is 0. The molecule has 2 unspecified atom stereocenters. The number of carbonyl (C=O) groups excluding carboxylic acids is 2. The zero-order valence-electron chi connectivity index (χ0n) is 14.7. The molecule has 2 amide bonds. The highest BCUT2D eigenvalue weighted by Gasteiger charge is 2.23. The number of phenolic OH excluding ortho intramolecular Hbond substituents is 1. The maximum atomic E-state index is 12.5. The minimum Gasteiger partial charge on any atom is -0.508 e. The van der Waals surface area contributed by atoms with Crippen LogP contribution >= 0.6 is 0 Å². The maximum Gasteiger partial charge on any atom is 0.240 e. The van der Waals surface area contributed by atoms with E-state index in [-0.39, 0.29) is 12.2 Å². The van der Waals surface area contributed by atoms with Crippen LogP contribution in [0.2, 0.25) is 0 Å². The van der Waals surface area contributed by atoms with Gasteiger partial charge in [-0.05, 0) is 35.7 Å². The summed E-state index contributed by atoms with van der Waals surface area (Å²) in [6.45, 7) is 0. The Kier molecular flexibility index (Phi) is 5.42. The second kappa shape index (κ2) is 7.92. The fourth-order valence-corrected chi connectivity index (χ4v) is 3.00. The van der Waals surface area contributed by atoms with Crippen LogP contribution in [-0.2, 0) is 22.4 Å². The van der Waals surface area contributed by atoms with Gasteiger partial charge in [0.15, 0.2) is 0 Å². The van der Waals surface area contributed by atoms with Crippen LogP contribution in [0.3, 0.4) is 0 Å². The number of rotatable bonds is 7. The van der Waals surface area contributed by atoms with Crippen LogP contribution in [0.1, 0.15) is 11.1 Å². The molecule has 0 radical (unpaired) electrons. The first-order valence-corrected chi connectivity index (χ1v) is 8.62. The summed E-state index contributed by atoms with van der Waals surface area (Å²) in [5.41, 5.74) is 14.1. The third-order valence-corrected chi connectivity index (χ3v) is 4.49. The second-order valence-electron chi connectivity index (χ2n) is 6.50. The number of fused-ring (bicyclic) bond motifs is 1. The molecule has 7 heteroatoms. The van der Waals surface area contributed by atoms with Gasteiger partial charge in [-0.3, -0.25) is 9.59 Å². The summed E-state index contributed by atoms with van der Waals surface area (Å²) in [6, 6.07) is 12.4. The molecule has 0 spiro atoms. The van der Waals surface area contributed by atoms with E-state index in [9.17, 15) is 14.7 Å². The van der Waals surface area contributed by atoms with Crippen molar-refractivity contribution in [2.75, 3.05) is 0 Å². The van der Waals surface area contributed by atoms with E-state index < -0.39 is 23.9 Å². The first kappa shape index (κ1) is 18.5. The number of para-hydroxylation sites is 1. The Labute approximate surface area is 156 Å². The van der Waals surface area contributed by atoms with Gasteiger partial charge in [0.2, 0.25) is 11.8 Å². The van der Waals surface area contributed by atoms with Crippen molar-refractivity contribution in [3.63, 3.8) is 0 Å². The molecule has 2 aromatic carbocycles. The van der Waals surface area contributed by atoms with Crippen LogP contribution < -0.4 is 16.8 Å². The Morgan fingerprint density at radius 3 is 2.48 bits per heavy atom. The Hall–Kier alpha value is -3.32. The maximum absolute atomic E-state index is 12.5. The Balaban J connectivity index is 1.66. The van der Waals surface area contributed by atoms with Crippen LogP contribution in [-0.4, -0.2) is 34.0 Å². The SMILES string of the molecule is NC(=O)C(Cc1ccc(O)cc1)NC(=O)C(N)Cc1c[nH]c2ccccc12.